The third kappa shape index (κ3) is 4.26. The molecule has 0 heterocycles. The first-order chi connectivity index (χ1) is 14.6. The van der Waals surface area contributed by atoms with Crippen LogP contribution in [0.3, 0.4) is 0 Å². The molecule has 0 amide bonds. The van der Waals surface area contributed by atoms with Gasteiger partial charge in [-0.15, -0.1) is 0 Å². The molecule has 0 spiro atoms. The van der Waals surface area contributed by atoms with Crippen LogP contribution in [0.15, 0.2) is 11.6 Å². The minimum Gasteiger partial charge on any atom is -0.462 e. The Kier molecular flexibility index (Phi) is 6.68. The maximum Gasteiger partial charge on any atom is 0.302 e. The molecular formula is C29H48O2. The highest BCUT2D eigenvalue weighted by Crippen LogP contribution is 2.67. The number of esters is 1. The van der Waals surface area contributed by atoms with Crippen LogP contribution in [-0.2, 0) is 9.53 Å². The van der Waals surface area contributed by atoms with Crippen molar-refractivity contribution in [3.05, 3.63) is 11.6 Å². The number of carbonyl (C=O) groups is 1. The Morgan fingerprint density at radius 1 is 1.06 bits per heavy atom. The van der Waals surface area contributed by atoms with Crippen molar-refractivity contribution < 1.29 is 9.53 Å². The third-order valence-electron chi connectivity index (χ3n) is 10.6. The molecule has 0 unspecified atom stereocenters. The van der Waals surface area contributed by atoms with Crippen LogP contribution in [0.2, 0.25) is 0 Å². The van der Waals surface area contributed by atoms with Gasteiger partial charge in [-0.05, 0) is 91.3 Å². The number of fused-ring (bicyclic) bond motifs is 5. The molecular weight excluding hydrogens is 380 g/mol. The van der Waals surface area contributed by atoms with Gasteiger partial charge in [0.05, 0.1) is 0 Å². The molecule has 0 aromatic heterocycles. The summed E-state index contributed by atoms with van der Waals surface area (Å²) < 4.78 is 5.61. The maximum absolute atomic E-state index is 11.5. The van der Waals surface area contributed by atoms with Gasteiger partial charge in [0.25, 0.3) is 0 Å². The lowest BCUT2D eigenvalue weighted by Gasteiger charge is -2.58. The number of carbonyl (C=O) groups excluding carboxylic acids is 1. The molecule has 0 saturated heterocycles. The Morgan fingerprint density at radius 2 is 1.84 bits per heavy atom. The number of allylic oxidation sites excluding steroid dienone is 1. The van der Waals surface area contributed by atoms with Crippen LogP contribution < -0.4 is 0 Å². The number of hydrogen-bond donors (Lipinski definition) is 0. The summed E-state index contributed by atoms with van der Waals surface area (Å²) in [5.74, 6) is 5.19. The zero-order valence-corrected chi connectivity index (χ0v) is 21.2. The molecule has 8 atom stereocenters. The molecule has 31 heavy (non-hydrogen) atoms. The SMILES string of the molecule is CC(=O)O[C@@H]1CC[C@@]2(C)C(=CC[C@H]3[C@H]4CC[C@H]([C@H](C)CCCC(C)C)[C@@]4(C)CC[C@H]32)C1. The van der Waals surface area contributed by atoms with E-state index >= 15 is 0 Å². The quantitative estimate of drug-likeness (QED) is 0.317. The van der Waals surface area contributed by atoms with E-state index in [1.54, 1.807) is 12.5 Å². The molecule has 2 heteroatoms. The smallest absolute Gasteiger partial charge is 0.302 e. The van der Waals surface area contributed by atoms with Crippen molar-refractivity contribution in [3.8, 4) is 0 Å². The van der Waals surface area contributed by atoms with E-state index in [0.29, 0.717) is 10.8 Å². The normalized spacial score (nSPS) is 42.9. The van der Waals surface area contributed by atoms with Crippen LogP contribution in [0.1, 0.15) is 112 Å². The van der Waals surface area contributed by atoms with Crippen molar-refractivity contribution >= 4 is 5.97 Å². The topological polar surface area (TPSA) is 26.3 Å². The predicted molar refractivity (Wildman–Crippen MR) is 129 cm³/mol. The van der Waals surface area contributed by atoms with Crippen molar-refractivity contribution in [1.29, 1.82) is 0 Å². The van der Waals surface area contributed by atoms with Crippen molar-refractivity contribution in [1.82, 2.24) is 0 Å². The van der Waals surface area contributed by atoms with E-state index in [2.05, 4.69) is 40.7 Å². The molecule has 0 N–H and O–H groups in total. The summed E-state index contributed by atoms with van der Waals surface area (Å²) in [5.41, 5.74) is 2.53. The first kappa shape index (κ1) is 23.4. The van der Waals surface area contributed by atoms with Gasteiger partial charge >= 0.3 is 5.97 Å². The Balaban J connectivity index is 1.47. The lowest BCUT2D eigenvalue weighted by molar-refractivity contribution is -0.148. The minimum absolute atomic E-state index is 0.115. The van der Waals surface area contributed by atoms with Gasteiger partial charge in [0.15, 0.2) is 0 Å². The zero-order valence-electron chi connectivity index (χ0n) is 21.2. The van der Waals surface area contributed by atoms with Gasteiger partial charge in [-0.25, -0.2) is 0 Å². The summed E-state index contributed by atoms with van der Waals surface area (Å²) >= 11 is 0. The first-order valence-electron chi connectivity index (χ1n) is 13.5. The monoisotopic (exact) mass is 428 g/mol. The summed E-state index contributed by atoms with van der Waals surface area (Å²) in [6.07, 6.45) is 17.2. The lowest BCUT2D eigenvalue weighted by Crippen LogP contribution is -2.51. The Bertz CT molecular complexity index is 693. The van der Waals surface area contributed by atoms with Crippen LogP contribution in [0.5, 0.6) is 0 Å². The fourth-order valence-corrected chi connectivity index (χ4v) is 8.99. The molecule has 3 fully saturated rings. The van der Waals surface area contributed by atoms with Gasteiger partial charge in [-0.1, -0.05) is 65.5 Å². The second kappa shape index (κ2) is 8.86. The van der Waals surface area contributed by atoms with E-state index in [0.717, 1.165) is 48.3 Å². The van der Waals surface area contributed by atoms with Crippen LogP contribution in [-0.4, -0.2) is 12.1 Å². The van der Waals surface area contributed by atoms with Crippen LogP contribution in [0.4, 0.5) is 0 Å². The standard InChI is InChI=1S/C29H48O2/c1-19(2)8-7-9-20(3)25-12-13-26-24-11-10-22-18-23(31-21(4)30)14-16-28(22,5)27(24)15-17-29(25,26)6/h10,19-20,23-27H,7-9,11-18H2,1-6H3/t20-,23-,24+,25-,26-,27-,28+,29-/m1/s1. The molecule has 176 valence electrons. The van der Waals surface area contributed by atoms with E-state index in [-0.39, 0.29) is 12.1 Å². The van der Waals surface area contributed by atoms with Gasteiger partial charge in [0.1, 0.15) is 6.10 Å². The molecule has 4 aliphatic rings. The first-order valence-corrected chi connectivity index (χ1v) is 13.5. The van der Waals surface area contributed by atoms with Crippen LogP contribution in [0, 0.1) is 46.3 Å². The predicted octanol–water partition coefficient (Wildman–Crippen LogP) is 7.96. The third-order valence-corrected chi connectivity index (χ3v) is 10.6. The molecule has 0 aromatic rings. The molecule has 0 aromatic carbocycles. The van der Waals surface area contributed by atoms with Gasteiger partial charge < -0.3 is 4.74 Å². The maximum atomic E-state index is 11.5. The Morgan fingerprint density at radius 3 is 2.55 bits per heavy atom. The summed E-state index contributed by atoms with van der Waals surface area (Å²) in [6.45, 7) is 14.1. The average molecular weight is 429 g/mol. The summed E-state index contributed by atoms with van der Waals surface area (Å²) in [5, 5.41) is 0. The second-order valence-electron chi connectivity index (χ2n) is 12.8. The molecule has 0 aliphatic heterocycles. The van der Waals surface area contributed by atoms with Crippen LogP contribution in [0.25, 0.3) is 0 Å². The Labute approximate surface area is 192 Å². The fourth-order valence-electron chi connectivity index (χ4n) is 8.99. The molecule has 0 radical (unpaired) electrons. The van der Waals surface area contributed by atoms with E-state index in [4.69, 9.17) is 4.74 Å². The van der Waals surface area contributed by atoms with E-state index in [1.165, 1.54) is 57.8 Å². The van der Waals surface area contributed by atoms with Crippen molar-refractivity contribution in [2.75, 3.05) is 0 Å². The van der Waals surface area contributed by atoms with Crippen molar-refractivity contribution in [2.24, 2.45) is 46.3 Å². The average Bonchev–Trinajstić information content (AvgIpc) is 3.05. The van der Waals surface area contributed by atoms with Crippen molar-refractivity contribution in [3.63, 3.8) is 0 Å². The highest BCUT2D eigenvalue weighted by Gasteiger charge is 2.59. The molecule has 3 saturated carbocycles. The van der Waals surface area contributed by atoms with Crippen molar-refractivity contribution in [2.45, 2.75) is 118 Å². The highest BCUT2D eigenvalue weighted by molar-refractivity contribution is 5.66. The van der Waals surface area contributed by atoms with E-state index in [9.17, 15) is 4.79 Å². The lowest BCUT2D eigenvalue weighted by atomic mass is 9.47. The molecule has 2 nitrogen and oxygen atoms in total. The summed E-state index contributed by atoms with van der Waals surface area (Å²) in [7, 11) is 0. The van der Waals surface area contributed by atoms with Crippen LogP contribution >= 0.6 is 0 Å². The highest BCUT2D eigenvalue weighted by atomic mass is 16.5. The Hall–Kier alpha value is -0.790. The van der Waals surface area contributed by atoms with E-state index in [1.807, 2.05) is 0 Å². The van der Waals surface area contributed by atoms with Gasteiger partial charge in [0, 0.05) is 13.3 Å². The fraction of sp³-hybridized carbons (Fsp3) is 0.897. The number of rotatable bonds is 6. The van der Waals surface area contributed by atoms with Gasteiger partial charge in [0.2, 0.25) is 0 Å². The molecule has 4 aliphatic carbocycles. The summed E-state index contributed by atoms with van der Waals surface area (Å²) in [4.78, 5) is 11.5. The number of hydrogen-bond acceptors (Lipinski definition) is 2. The zero-order chi connectivity index (χ0) is 22.4. The molecule has 4 rings (SSSR count). The number of ether oxygens (including phenoxy) is 1. The van der Waals surface area contributed by atoms with Gasteiger partial charge in [-0.3, -0.25) is 4.79 Å². The minimum atomic E-state index is -0.115. The van der Waals surface area contributed by atoms with E-state index < -0.39 is 0 Å². The summed E-state index contributed by atoms with van der Waals surface area (Å²) in [6, 6.07) is 0. The second-order valence-corrected chi connectivity index (χ2v) is 12.8. The largest absolute Gasteiger partial charge is 0.462 e. The van der Waals surface area contributed by atoms with Gasteiger partial charge in [-0.2, -0.15) is 0 Å². The molecule has 0 bridgehead atoms.